The predicted molar refractivity (Wildman–Crippen MR) is 126 cm³/mol. The Hall–Kier alpha value is -3.19. The second-order valence-electron chi connectivity index (χ2n) is 8.05. The van der Waals surface area contributed by atoms with Crippen molar-refractivity contribution in [3.05, 3.63) is 63.8 Å². The number of thiazole rings is 1. The van der Waals surface area contributed by atoms with Gasteiger partial charge in [-0.3, -0.25) is 9.79 Å². The minimum atomic E-state index is -0.152. The smallest absolute Gasteiger partial charge is 0.262 e. The van der Waals surface area contributed by atoms with Crippen molar-refractivity contribution in [3.8, 4) is 17.0 Å². The fourth-order valence-electron chi connectivity index (χ4n) is 3.25. The van der Waals surface area contributed by atoms with Crippen LogP contribution in [0.1, 0.15) is 44.7 Å². The number of anilines is 1. The largest absolute Gasteiger partial charge is 0.482 e. The van der Waals surface area contributed by atoms with Crippen LogP contribution < -0.4 is 14.9 Å². The van der Waals surface area contributed by atoms with Gasteiger partial charge in [0.25, 0.3) is 5.91 Å². The van der Waals surface area contributed by atoms with E-state index >= 15 is 0 Å². The molecule has 160 valence electrons. The van der Waals surface area contributed by atoms with Gasteiger partial charge in [0.1, 0.15) is 5.75 Å². The number of aromatic nitrogens is 1. The second kappa shape index (κ2) is 8.89. The molecule has 1 aliphatic heterocycles. The SMILES string of the molecule is CC(C)N=c1scc(-c2ccc3c(c2)NC(=O)CO3)n1N=Cc1ccc(C(C)C)cc1. The molecule has 2 heterocycles. The molecule has 6 nitrogen and oxygen atoms in total. The molecule has 1 aromatic heterocycles. The maximum Gasteiger partial charge on any atom is 0.262 e. The van der Waals surface area contributed by atoms with Crippen LogP contribution in [0.2, 0.25) is 0 Å². The van der Waals surface area contributed by atoms with Crippen molar-refractivity contribution in [2.24, 2.45) is 10.1 Å². The third kappa shape index (κ3) is 4.77. The van der Waals surface area contributed by atoms with Crippen molar-refractivity contribution in [1.29, 1.82) is 0 Å². The summed E-state index contributed by atoms with van der Waals surface area (Å²) in [6, 6.07) is 14.3. The van der Waals surface area contributed by atoms with E-state index < -0.39 is 0 Å². The molecule has 0 radical (unpaired) electrons. The number of hydrogen-bond acceptors (Lipinski definition) is 5. The normalized spacial score (nSPS) is 14.3. The first-order chi connectivity index (χ1) is 14.9. The zero-order valence-corrected chi connectivity index (χ0v) is 18.9. The molecule has 4 rings (SSSR count). The first-order valence-corrected chi connectivity index (χ1v) is 11.2. The lowest BCUT2D eigenvalue weighted by molar-refractivity contribution is -0.118. The van der Waals surface area contributed by atoms with E-state index in [1.165, 1.54) is 5.56 Å². The average Bonchev–Trinajstić information content (AvgIpc) is 3.13. The summed E-state index contributed by atoms with van der Waals surface area (Å²) in [7, 11) is 0. The lowest BCUT2D eigenvalue weighted by Crippen LogP contribution is -2.25. The third-order valence-electron chi connectivity index (χ3n) is 4.89. The van der Waals surface area contributed by atoms with Crippen LogP contribution in [0.4, 0.5) is 5.69 Å². The quantitative estimate of drug-likeness (QED) is 0.583. The molecule has 1 N–H and O–H groups in total. The summed E-state index contributed by atoms with van der Waals surface area (Å²) in [5.74, 6) is 1.01. The Morgan fingerprint density at radius 3 is 2.61 bits per heavy atom. The summed E-state index contributed by atoms with van der Waals surface area (Å²) in [6.45, 7) is 8.50. The van der Waals surface area contributed by atoms with Crippen molar-refractivity contribution in [2.75, 3.05) is 11.9 Å². The number of nitrogens with zero attached hydrogens (tertiary/aromatic N) is 3. The number of nitrogens with one attached hydrogen (secondary N) is 1. The molecule has 31 heavy (non-hydrogen) atoms. The van der Waals surface area contributed by atoms with Gasteiger partial charge in [-0.15, -0.1) is 11.3 Å². The molecule has 0 unspecified atom stereocenters. The zero-order chi connectivity index (χ0) is 22.0. The summed E-state index contributed by atoms with van der Waals surface area (Å²) in [5.41, 5.74) is 4.83. The molecule has 0 fully saturated rings. The molecule has 0 atom stereocenters. The van der Waals surface area contributed by atoms with Gasteiger partial charge in [0.05, 0.1) is 17.6 Å². The highest BCUT2D eigenvalue weighted by atomic mass is 32.1. The molecular weight excluding hydrogens is 408 g/mol. The molecule has 0 saturated heterocycles. The summed E-state index contributed by atoms with van der Waals surface area (Å²) < 4.78 is 7.34. The van der Waals surface area contributed by atoms with E-state index in [4.69, 9.17) is 14.8 Å². The van der Waals surface area contributed by atoms with Crippen LogP contribution in [0.25, 0.3) is 11.3 Å². The molecule has 0 spiro atoms. The molecule has 0 bridgehead atoms. The lowest BCUT2D eigenvalue weighted by Gasteiger charge is -2.18. The van der Waals surface area contributed by atoms with E-state index in [0.717, 1.165) is 21.6 Å². The van der Waals surface area contributed by atoms with Gasteiger partial charge in [-0.1, -0.05) is 38.1 Å². The van der Waals surface area contributed by atoms with Gasteiger partial charge in [0, 0.05) is 17.0 Å². The monoisotopic (exact) mass is 434 g/mol. The Morgan fingerprint density at radius 1 is 1.13 bits per heavy atom. The average molecular weight is 435 g/mol. The zero-order valence-electron chi connectivity index (χ0n) is 18.1. The van der Waals surface area contributed by atoms with Crippen LogP contribution in [0.3, 0.4) is 0 Å². The number of fused-ring (bicyclic) bond motifs is 1. The maximum absolute atomic E-state index is 11.7. The Bertz CT molecular complexity index is 1190. The summed E-state index contributed by atoms with van der Waals surface area (Å²) in [5, 5.41) is 9.66. The summed E-state index contributed by atoms with van der Waals surface area (Å²) in [4.78, 5) is 17.3. The predicted octanol–water partition coefficient (Wildman–Crippen LogP) is 4.86. The van der Waals surface area contributed by atoms with Crippen molar-refractivity contribution in [2.45, 2.75) is 39.7 Å². The number of carbonyl (C=O) groups is 1. The molecule has 1 amide bonds. The highest BCUT2D eigenvalue weighted by molar-refractivity contribution is 7.07. The summed E-state index contributed by atoms with van der Waals surface area (Å²) in [6.07, 6.45) is 1.85. The number of hydrogen-bond donors (Lipinski definition) is 1. The van der Waals surface area contributed by atoms with Gasteiger partial charge >= 0.3 is 0 Å². The number of benzene rings is 2. The molecular formula is C24H26N4O2S. The number of amides is 1. The van der Waals surface area contributed by atoms with Crippen molar-refractivity contribution >= 4 is 29.1 Å². The van der Waals surface area contributed by atoms with Gasteiger partial charge in [0.2, 0.25) is 4.80 Å². The van der Waals surface area contributed by atoms with Crippen molar-refractivity contribution in [3.63, 3.8) is 0 Å². The van der Waals surface area contributed by atoms with Crippen molar-refractivity contribution < 1.29 is 9.53 Å². The molecule has 0 aliphatic carbocycles. The van der Waals surface area contributed by atoms with E-state index in [9.17, 15) is 4.79 Å². The molecule has 3 aromatic rings. The first kappa shape index (κ1) is 21.1. The Kier molecular flexibility index (Phi) is 6.04. The van der Waals surface area contributed by atoms with Crippen LogP contribution in [0, 0.1) is 0 Å². The molecule has 2 aromatic carbocycles. The number of rotatable bonds is 5. The third-order valence-corrected chi connectivity index (χ3v) is 5.72. The highest BCUT2D eigenvalue weighted by Gasteiger charge is 2.17. The lowest BCUT2D eigenvalue weighted by atomic mass is 10.0. The molecule has 7 heteroatoms. The first-order valence-electron chi connectivity index (χ1n) is 10.4. The standard InChI is InChI=1S/C24H26N4O2S/c1-15(2)18-7-5-17(6-8-18)12-25-28-21(14-31-24(28)26-16(3)4)19-9-10-22-20(11-19)27-23(29)13-30-22/h5-12,14-16H,13H2,1-4H3,(H,27,29). The van der Waals surface area contributed by atoms with E-state index in [0.29, 0.717) is 17.4 Å². The molecule has 0 saturated carbocycles. The Morgan fingerprint density at radius 2 is 1.90 bits per heavy atom. The van der Waals surface area contributed by atoms with Gasteiger partial charge in [-0.05, 0) is 49.1 Å². The minimum Gasteiger partial charge on any atom is -0.482 e. The fourth-order valence-corrected chi connectivity index (χ4v) is 4.22. The Balaban J connectivity index is 1.74. The van der Waals surface area contributed by atoms with Crippen LogP contribution in [-0.2, 0) is 4.79 Å². The van der Waals surface area contributed by atoms with Crippen LogP contribution in [0.5, 0.6) is 5.75 Å². The maximum atomic E-state index is 11.7. The number of ether oxygens (including phenoxy) is 1. The second-order valence-corrected chi connectivity index (χ2v) is 8.89. The highest BCUT2D eigenvalue weighted by Crippen LogP contribution is 2.32. The van der Waals surface area contributed by atoms with Crippen LogP contribution >= 0.6 is 11.3 Å². The van der Waals surface area contributed by atoms with E-state index in [2.05, 4.69) is 43.4 Å². The topological polar surface area (TPSA) is 68.0 Å². The van der Waals surface area contributed by atoms with Gasteiger partial charge < -0.3 is 10.1 Å². The van der Waals surface area contributed by atoms with E-state index in [1.807, 2.05) is 48.3 Å². The van der Waals surface area contributed by atoms with Crippen LogP contribution in [-0.4, -0.2) is 29.4 Å². The van der Waals surface area contributed by atoms with Crippen molar-refractivity contribution in [1.82, 2.24) is 4.68 Å². The van der Waals surface area contributed by atoms with Crippen LogP contribution in [0.15, 0.2) is 57.9 Å². The van der Waals surface area contributed by atoms with Gasteiger partial charge in [0.15, 0.2) is 6.61 Å². The van der Waals surface area contributed by atoms with Gasteiger partial charge in [-0.25, -0.2) is 4.68 Å². The van der Waals surface area contributed by atoms with E-state index in [1.54, 1.807) is 11.3 Å². The fraction of sp³-hybridized carbons (Fsp3) is 0.292. The number of carbonyl (C=O) groups excluding carboxylic acids is 1. The van der Waals surface area contributed by atoms with Gasteiger partial charge in [-0.2, -0.15) is 5.10 Å². The molecule has 1 aliphatic rings. The van der Waals surface area contributed by atoms with E-state index in [-0.39, 0.29) is 18.6 Å². The summed E-state index contributed by atoms with van der Waals surface area (Å²) >= 11 is 1.54. The minimum absolute atomic E-state index is 0.0438. The Labute approximate surface area is 185 Å².